The first kappa shape index (κ1) is 12.4. The summed E-state index contributed by atoms with van der Waals surface area (Å²) in [7, 11) is 1.97. The minimum absolute atomic E-state index is 0.702. The molecule has 0 unspecified atom stereocenters. The summed E-state index contributed by atoms with van der Waals surface area (Å²) in [4.78, 5) is 6.62. The number of likely N-dealkylation sites (tertiary alicyclic amines) is 1. The van der Waals surface area contributed by atoms with Gasteiger partial charge in [-0.1, -0.05) is 0 Å². The number of pyridine rings is 1. The van der Waals surface area contributed by atoms with Crippen molar-refractivity contribution in [3.63, 3.8) is 0 Å². The van der Waals surface area contributed by atoms with E-state index >= 15 is 0 Å². The van der Waals surface area contributed by atoms with E-state index in [9.17, 15) is 0 Å². The van der Waals surface area contributed by atoms with Crippen molar-refractivity contribution in [1.29, 1.82) is 0 Å². The maximum Gasteiger partial charge on any atom is 0.0534 e. The highest BCUT2D eigenvalue weighted by Crippen LogP contribution is 2.27. The molecule has 2 aromatic heterocycles. The Morgan fingerprint density at radius 1 is 1.21 bits per heavy atom. The number of rotatable bonds is 3. The molecular weight excluding hydrogens is 236 g/mol. The van der Waals surface area contributed by atoms with Crippen LogP contribution in [0.1, 0.15) is 29.9 Å². The van der Waals surface area contributed by atoms with Crippen molar-refractivity contribution in [1.82, 2.24) is 19.7 Å². The number of nitrogens with zero attached hydrogens (tertiary/aromatic N) is 4. The molecule has 0 atom stereocenters. The van der Waals surface area contributed by atoms with Gasteiger partial charge in [-0.05, 0) is 49.5 Å². The SMILES string of the molecule is Cn1cc(CN2CCC(c3ccncc3)CC2)cn1. The van der Waals surface area contributed by atoms with E-state index in [0.717, 1.165) is 6.54 Å². The topological polar surface area (TPSA) is 34.0 Å². The van der Waals surface area contributed by atoms with E-state index in [4.69, 9.17) is 0 Å². The lowest BCUT2D eigenvalue weighted by atomic mass is 9.90. The van der Waals surface area contributed by atoms with Crippen LogP contribution in [0.2, 0.25) is 0 Å². The number of hydrogen-bond acceptors (Lipinski definition) is 3. The Morgan fingerprint density at radius 3 is 2.58 bits per heavy atom. The van der Waals surface area contributed by atoms with Crippen molar-refractivity contribution in [2.75, 3.05) is 13.1 Å². The maximum atomic E-state index is 4.23. The van der Waals surface area contributed by atoms with Crippen LogP contribution in [0.25, 0.3) is 0 Å². The number of aromatic nitrogens is 3. The van der Waals surface area contributed by atoms with Crippen molar-refractivity contribution >= 4 is 0 Å². The molecule has 1 aliphatic rings. The molecule has 1 fully saturated rings. The summed E-state index contributed by atoms with van der Waals surface area (Å²) in [5, 5.41) is 4.23. The molecule has 2 aromatic rings. The number of hydrogen-bond donors (Lipinski definition) is 0. The Labute approximate surface area is 114 Å². The third-order valence-electron chi connectivity index (χ3n) is 3.93. The van der Waals surface area contributed by atoms with Gasteiger partial charge in [0.2, 0.25) is 0 Å². The monoisotopic (exact) mass is 256 g/mol. The normalized spacial score (nSPS) is 17.7. The van der Waals surface area contributed by atoms with E-state index in [0.29, 0.717) is 5.92 Å². The molecule has 0 bridgehead atoms. The van der Waals surface area contributed by atoms with Gasteiger partial charge in [0.05, 0.1) is 6.20 Å². The standard InChI is InChI=1S/C15H20N4/c1-18-11-13(10-17-18)12-19-8-4-15(5-9-19)14-2-6-16-7-3-14/h2-3,6-7,10-11,15H,4-5,8-9,12H2,1H3. The zero-order valence-electron chi connectivity index (χ0n) is 11.4. The third kappa shape index (κ3) is 3.01. The molecule has 1 saturated heterocycles. The summed E-state index contributed by atoms with van der Waals surface area (Å²) < 4.78 is 1.87. The van der Waals surface area contributed by atoms with Crippen LogP contribution in [-0.2, 0) is 13.6 Å². The van der Waals surface area contributed by atoms with Gasteiger partial charge in [-0.25, -0.2) is 0 Å². The predicted molar refractivity (Wildman–Crippen MR) is 74.7 cm³/mol. The molecule has 0 radical (unpaired) electrons. The fourth-order valence-corrected chi connectivity index (χ4v) is 2.87. The molecule has 4 heteroatoms. The molecular formula is C15H20N4. The van der Waals surface area contributed by atoms with Crippen molar-refractivity contribution in [3.8, 4) is 0 Å². The molecule has 4 nitrogen and oxygen atoms in total. The second kappa shape index (κ2) is 5.53. The Hall–Kier alpha value is -1.68. The lowest BCUT2D eigenvalue weighted by Crippen LogP contribution is -2.32. The first-order valence-corrected chi connectivity index (χ1v) is 6.91. The van der Waals surface area contributed by atoms with Gasteiger partial charge in [0.1, 0.15) is 0 Å². The number of piperidine rings is 1. The van der Waals surface area contributed by atoms with Crippen molar-refractivity contribution in [2.24, 2.45) is 7.05 Å². The summed E-state index contributed by atoms with van der Waals surface area (Å²) >= 11 is 0. The van der Waals surface area contributed by atoms with E-state index in [2.05, 4.69) is 33.3 Å². The molecule has 0 amide bonds. The maximum absolute atomic E-state index is 4.23. The van der Waals surface area contributed by atoms with Crippen LogP contribution in [0.4, 0.5) is 0 Å². The van der Waals surface area contributed by atoms with E-state index in [1.54, 1.807) is 0 Å². The highest BCUT2D eigenvalue weighted by Gasteiger charge is 2.20. The van der Waals surface area contributed by atoms with Crippen molar-refractivity contribution in [2.45, 2.75) is 25.3 Å². The van der Waals surface area contributed by atoms with Gasteiger partial charge in [-0.15, -0.1) is 0 Å². The molecule has 19 heavy (non-hydrogen) atoms. The van der Waals surface area contributed by atoms with Crippen LogP contribution in [0.3, 0.4) is 0 Å². The Bertz CT molecular complexity index is 512. The van der Waals surface area contributed by atoms with Gasteiger partial charge < -0.3 is 0 Å². The average molecular weight is 256 g/mol. The summed E-state index contributed by atoms with van der Waals surface area (Å²) in [5.74, 6) is 0.702. The molecule has 0 aromatic carbocycles. The van der Waals surface area contributed by atoms with Crippen molar-refractivity contribution in [3.05, 3.63) is 48.0 Å². The minimum Gasteiger partial charge on any atom is -0.299 e. The number of aryl methyl sites for hydroxylation is 1. The zero-order chi connectivity index (χ0) is 13.1. The molecule has 100 valence electrons. The highest BCUT2D eigenvalue weighted by atomic mass is 15.2. The van der Waals surface area contributed by atoms with Crippen molar-refractivity contribution < 1.29 is 0 Å². The van der Waals surface area contributed by atoms with Gasteiger partial charge >= 0.3 is 0 Å². The second-order valence-electron chi connectivity index (χ2n) is 5.35. The Balaban J connectivity index is 1.55. The van der Waals surface area contributed by atoms with Crippen LogP contribution in [0.5, 0.6) is 0 Å². The smallest absolute Gasteiger partial charge is 0.0534 e. The average Bonchev–Trinajstić information content (AvgIpc) is 2.86. The summed E-state index contributed by atoms with van der Waals surface area (Å²) in [6.45, 7) is 3.36. The van der Waals surface area contributed by atoms with Gasteiger partial charge in [0.15, 0.2) is 0 Å². The molecule has 3 rings (SSSR count). The third-order valence-corrected chi connectivity index (χ3v) is 3.93. The minimum atomic E-state index is 0.702. The predicted octanol–water partition coefficient (Wildman–Crippen LogP) is 2.19. The molecule has 0 saturated carbocycles. The van der Waals surface area contributed by atoms with E-state index in [1.807, 2.05) is 30.3 Å². The van der Waals surface area contributed by atoms with Gasteiger partial charge in [-0.2, -0.15) is 5.10 Å². The van der Waals surface area contributed by atoms with Crippen LogP contribution in [-0.4, -0.2) is 32.8 Å². The van der Waals surface area contributed by atoms with Gasteiger partial charge in [0.25, 0.3) is 0 Å². The summed E-state index contributed by atoms with van der Waals surface area (Å²) in [6, 6.07) is 4.31. The summed E-state index contributed by atoms with van der Waals surface area (Å²) in [5.41, 5.74) is 2.75. The van der Waals surface area contributed by atoms with E-state index in [-0.39, 0.29) is 0 Å². The fourth-order valence-electron chi connectivity index (χ4n) is 2.87. The van der Waals surface area contributed by atoms with E-state index in [1.165, 1.54) is 37.1 Å². The van der Waals surface area contributed by atoms with Crippen LogP contribution < -0.4 is 0 Å². The van der Waals surface area contributed by atoms with E-state index < -0.39 is 0 Å². The Kier molecular flexibility index (Phi) is 3.60. The largest absolute Gasteiger partial charge is 0.299 e. The van der Waals surface area contributed by atoms with Crippen LogP contribution in [0.15, 0.2) is 36.9 Å². The molecule has 0 aliphatic carbocycles. The quantitative estimate of drug-likeness (QED) is 0.844. The van der Waals surface area contributed by atoms with Gasteiger partial charge in [-0.3, -0.25) is 14.6 Å². The molecule has 0 spiro atoms. The Morgan fingerprint density at radius 2 is 1.95 bits per heavy atom. The lowest BCUT2D eigenvalue weighted by molar-refractivity contribution is 0.204. The van der Waals surface area contributed by atoms with Gasteiger partial charge in [0, 0.05) is 37.7 Å². The van der Waals surface area contributed by atoms with Crippen LogP contribution >= 0.6 is 0 Å². The molecule has 0 N–H and O–H groups in total. The highest BCUT2D eigenvalue weighted by molar-refractivity contribution is 5.16. The van der Waals surface area contributed by atoms with Crippen LogP contribution in [0, 0.1) is 0 Å². The zero-order valence-corrected chi connectivity index (χ0v) is 11.4. The molecule has 1 aliphatic heterocycles. The first-order chi connectivity index (χ1) is 9.31. The lowest BCUT2D eigenvalue weighted by Gasteiger charge is -2.31. The second-order valence-corrected chi connectivity index (χ2v) is 5.35. The summed E-state index contributed by atoms with van der Waals surface area (Å²) in [6.07, 6.45) is 10.4. The molecule has 3 heterocycles. The fraction of sp³-hybridized carbons (Fsp3) is 0.467. The first-order valence-electron chi connectivity index (χ1n) is 6.91.